The molecule has 0 amide bonds. The molecule has 6 nitrogen and oxygen atoms in total. The zero-order chi connectivity index (χ0) is 52.5. The quantitative estimate of drug-likeness (QED) is 0.156. The van der Waals surface area contributed by atoms with Crippen LogP contribution in [0.5, 0.6) is 11.5 Å². The molecule has 0 atom stereocenters. The van der Waals surface area contributed by atoms with Gasteiger partial charge in [0.05, 0.1) is 0 Å². The van der Waals surface area contributed by atoms with Crippen LogP contribution in [0.4, 0.5) is 0 Å². The van der Waals surface area contributed by atoms with Gasteiger partial charge in [0.15, 0.2) is 0 Å². The molecular weight excluding hydrogens is 980 g/mol. The van der Waals surface area contributed by atoms with E-state index in [1.54, 1.807) is 30.3 Å². The summed E-state index contributed by atoms with van der Waals surface area (Å²) in [4.78, 5) is 4.83. The van der Waals surface area contributed by atoms with Crippen molar-refractivity contribution in [3.8, 4) is 45.3 Å². The van der Waals surface area contributed by atoms with Crippen molar-refractivity contribution in [1.29, 1.82) is 0 Å². The Morgan fingerprint density at radius 1 is 0.600 bits per heavy atom. The van der Waals surface area contributed by atoms with E-state index in [9.17, 15) is 5.48 Å². The van der Waals surface area contributed by atoms with Gasteiger partial charge < -0.3 is 0 Å². The third-order valence-corrected chi connectivity index (χ3v) is 12.7. The fourth-order valence-corrected chi connectivity index (χ4v) is 9.79. The average molecular weight is 1030 g/mol. The number of aromatic nitrogens is 4. The Morgan fingerprint density at radius 3 is 1.97 bits per heavy atom. The number of ether oxygens (including phenoxy) is 1. The fraction of sp³-hybridized carbons (Fsp3) is 0.0690. The van der Waals surface area contributed by atoms with E-state index in [0.717, 1.165) is 44.0 Å². The van der Waals surface area contributed by atoms with E-state index in [0.29, 0.717) is 43.0 Å². The molecule has 12 aromatic rings. The summed E-state index contributed by atoms with van der Waals surface area (Å²) in [5.74, 6) is 1.47. The van der Waals surface area contributed by atoms with E-state index >= 15 is 0 Å². The summed E-state index contributed by atoms with van der Waals surface area (Å²) in [7, 11) is 0. The van der Waals surface area contributed by atoms with Gasteiger partial charge in [-0.15, -0.1) is 0 Å². The zero-order valence-electron chi connectivity index (χ0n) is 45.0. The molecule has 0 N–H and O–H groups in total. The first kappa shape index (κ1) is 29.8. The van der Waals surface area contributed by atoms with Crippen LogP contribution in [-0.4, -0.2) is 18.5 Å². The predicted octanol–water partition coefficient (Wildman–Crippen LogP) is 14.9. The molecule has 12 rings (SSSR count). The van der Waals surface area contributed by atoms with Crippen LogP contribution in [0.15, 0.2) is 192 Å². The third kappa shape index (κ3) is 6.51. The van der Waals surface area contributed by atoms with E-state index in [1.165, 1.54) is 0 Å². The van der Waals surface area contributed by atoms with Gasteiger partial charge >= 0.3 is 346 Å². The number of benzene rings is 8. The van der Waals surface area contributed by atoms with Crippen molar-refractivity contribution in [2.24, 2.45) is 0 Å². The maximum atomic E-state index is 9.21. The van der Waals surface area contributed by atoms with Gasteiger partial charge in [-0.05, 0) is 17.0 Å². The zero-order valence-corrected chi connectivity index (χ0v) is 37.3. The summed E-state index contributed by atoms with van der Waals surface area (Å²) in [6.45, 7) is 6.51. The fourth-order valence-electron chi connectivity index (χ4n) is 8.75. The van der Waals surface area contributed by atoms with Crippen molar-refractivity contribution < 1.29 is 42.2 Å². The average Bonchev–Trinajstić information content (AvgIpc) is 3.91. The molecule has 7 heteroatoms. The van der Waals surface area contributed by atoms with E-state index in [4.69, 9.17) is 22.4 Å². The maximum absolute atomic E-state index is 9.21. The summed E-state index contributed by atoms with van der Waals surface area (Å²) in [5, 5.41) is 3.49. The number of fused-ring (bicyclic) bond motifs is 7. The van der Waals surface area contributed by atoms with Gasteiger partial charge in [-0.1, -0.05) is 32.9 Å². The summed E-state index contributed by atoms with van der Waals surface area (Å²) >= 11 is 2.16. The molecule has 0 aliphatic carbocycles. The first-order chi connectivity index (χ1) is 35.9. The van der Waals surface area contributed by atoms with Crippen LogP contribution >= 0.6 is 0 Å². The Morgan fingerprint density at radius 2 is 1.23 bits per heavy atom. The second-order valence-electron chi connectivity index (χ2n) is 16.6. The van der Waals surface area contributed by atoms with Crippen LogP contribution in [0.3, 0.4) is 0 Å². The van der Waals surface area contributed by atoms with Gasteiger partial charge in [-0.3, -0.25) is 0 Å². The molecule has 0 aliphatic heterocycles. The Kier molecular flexibility index (Phi) is 7.02. The molecule has 4 heterocycles. The summed E-state index contributed by atoms with van der Waals surface area (Å²) < 4.78 is 109. The summed E-state index contributed by atoms with van der Waals surface area (Å²) in [5.41, 5.74) is 5.55. The molecule has 0 bridgehead atoms. The summed E-state index contributed by atoms with van der Waals surface area (Å²) in [6.07, 6.45) is 1.83. The molecule has 0 saturated heterocycles. The van der Waals surface area contributed by atoms with Crippen molar-refractivity contribution >= 4 is 60.3 Å². The van der Waals surface area contributed by atoms with E-state index in [-0.39, 0.29) is 33.4 Å². The standard InChI is InChI=1S/C58H40N4O2.Pt/c1-58(2,3)40-32-33-59-55(34-40)62-49-25-12-10-20-45(49)46-30-28-41(35-51(46)62)63-42-29-31-54-52(36-42)61-37-60(50-26-15-24-48(57(50)61)47-21-11-13-27-53(47)64-54)56-43(38-16-6-4-7-17-38)22-14-23-44(56)39-18-8-5-9-19-39;/h4-34H,1-3H3;/q-2;/i4D,5D,6D,7D,8D,9D,16D,17D,18D,19D;. The van der Waals surface area contributed by atoms with Gasteiger partial charge in [0.2, 0.25) is 0 Å². The van der Waals surface area contributed by atoms with Crippen LogP contribution < -0.4 is 4.74 Å². The number of nitrogens with zero attached hydrogens (tertiary/aromatic N) is 4. The molecule has 4 aromatic heterocycles. The van der Waals surface area contributed by atoms with E-state index in [2.05, 4.69) is 75.0 Å². The van der Waals surface area contributed by atoms with E-state index in [1.807, 2.05) is 88.0 Å². The first-order valence-electron chi connectivity index (χ1n) is 25.9. The van der Waals surface area contributed by atoms with Crippen molar-refractivity contribution in [2.75, 3.05) is 0 Å². The number of rotatable bonds is 6. The molecule has 8 aromatic carbocycles. The number of para-hydroxylation sites is 4. The SMILES string of the molecule is [2H]c1c([2H])c([2H])c(-c2cccc(-c3c([2H])c([2H])c([2H])c([2H])c3[2H])c2-n2[c](=[Pt])n3c4[c-]c(Oc5[c-]c6c(cc5)c5ccccc5n6-c5cc(C(C)(C)C)ccn5)ccc4oc4ccccc4c4cccc2c43)c([2H])c1[2H]. The number of pyridine rings is 1. The van der Waals surface area contributed by atoms with Crippen molar-refractivity contribution in [1.82, 2.24) is 18.5 Å². The van der Waals surface area contributed by atoms with Crippen molar-refractivity contribution in [2.45, 2.75) is 26.2 Å². The second-order valence-corrected chi connectivity index (χ2v) is 17.6. The number of imidazole rings is 1. The Hall–Kier alpha value is -7.53. The molecule has 0 radical (unpaired) electrons. The van der Waals surface area contributed by atoms with Crippen LogP contribution in [0.1, 0.15) is 40.0 Å². The molecule has 0 spiro atoms. The van der Waals surface area contributed by atoms with Gasteiger partial charge in [0.25, 0.3) is 0 Å². The van der Waals surface area contributed by atoms with Crippen LogP contribution in [-0.2, 0) is 24.8 Å². The molecule has 316 valence electrons. The normalized spacial score (nSPS) is 14.2. The minimum atomic E-state index is -0.578. The molecule has 0 fully saturated rings. The minimum absolute atomic E-state index is 0.121. The van der Waals surface area contributed by atoms with Crippen molar-refractivity contribution in [3.63, 3.8) is 0 Å². The summed E-state index contributed by atoms with van der Waals surface area (Å²) in [6, 6.07) is 39.7. The molecule has 65 heavy (non-hydrogen) atoms. The van der Waals surface area contributed by atoms with Crippen molar-refractivity contribution in [3.05, 3.63) is 209 Å². The van der Waals surface area contributed by atoms with Crippen LogP contribution in [0.2, 0.25) is 0 Å². The molecule has 0 saturated carbocycles. The van der Waals surface area contributed by atoms with Gasteiger partial charge in [0, 0.05) is 6.20 Å². The molecule has 0 unspecified atom stereocenters. The van der Waals surface area contributed by atoms with Gasteiger partial charge in [-0.25, -0.2) is 0 Å². The second kappa shape index (κ2) is 15.3. The molecule has 0 aliphatic rings. The Balaban J connectivity index is 1.16. The topological polar surface area (TPSA) is 49.5 Å². The predicted molar refractivity (Wildman–Crippen MR) is 259 cm³/mol. The Bertz CT molecular complexity index is 4410. The van der Waals surface area contributed by atoms with Gasteiger partial charge in [0.1, 0.15) is 0 Å². The third-order valence-electron chi connectivity index (χ3n) is 11.7. The van der Waals surface area contributed by atoms with Gasteiger partial charge in [-0.2, -0.15) is 0 Å². The monoisotopic (exact) mass is 1030 g/mol. The molecular formula is C58H40N4O2Pt-2. The van der Waals surface area contributed by atoms with Crippen LogP contribution in [0, 0.1) is 15.9 Å². The Labute approximate surface area is 400 Å². The number of hydrogen-bond acceptors (Lipinski definition) is 3. The van der Waals surface area contributed by atoms with Crippen LogP contribution in [0.25, 0.3) is 94.1 Å². The van der Waals surface area contributed by atoms with E-state index < -0.39 is 60.4 Å². The first-order valence-corrected chi connectivity index (χ1v) is 22.0. The number of hydrogen-bond donors (Lipinski definition) is 0.